The van der Waals surface area contributed by atoms with Crippen molar-refractivity contribution in [3.05, 3.63) is 35.9 Å². The molecule has 2 rings (SSSR count). The van der Waals surface area contributed by atoms with Gasteiger partial charge in [0.05, 0.1) is 6.42 Å². The van der Waals surface area contributed by atoms with E-state index in [2.05, 4.69) is 10.4 Å². The molecule has 0 aliphatic heterocycles. The summed E-state index contributed by atoms with van der Waals surface area (Å²) in [6, 6.07) is 5.07. The molecule has 2 heterocycles. The largest absolute Gasteiger partial charge is 0.479 e. The van der Waals surface area contributed by atoms with Gasteiger partial charge >= 0.3 is 5.97 Å². The number of amides is 1. The molecule has 2 aromatic heterocycles. The summed E-state index contributed by atoms with van der Waals surface area (Å²) in [4.78, 5) is 23.0. The topological polar surface area (TPSA) is 97.4 Å². The molecule has 2 aromatic rings. The van der Waals surface area contributed by atoms with Crippen LogP contribution in [0.3, 0.4) is 0 Å². The van der Waals surface area contributed by atoms with Crippen LogP contribution in [0.2, 0.25) is 0 Å². The highest BCUT2D eigenvalue weighted by molar-refractivity contribution is 5.91. The van der Waals surface area contributed by atoms with Gasteiger partial charge in [-0.1, -0.05) is 0 Å². The van der Waals surface area contributed by atoms with E-state index < -0.39 is 11.5 Å². The summed E-state index contributed by atoms with van der Waals surface area (Å²) in [5.74, 6) is 0.329. The first-order valence-corrected chi connectivity index (χ1v) is 6.44. The van der Waals surface area contributed by atoms with Gasteiger partial charge in [-0.3, -0.25) is 9.48 Å². The van der Waals surface area contributed by atoms with Crippen molar-refractivity contribution in [3.8, 4) is 0 Å². The number of carboxylic acid groups (broad SMARTS) is 1. The lowest BCUT2D eigenvalue weighted by molar-refractivity contribution is -0.146. The van der Waals surface area contributed by atoms with Gasteiger partial charge < -0.3 is 14.8 Å². The number of nitrogens with one attached hydrogen (secondary N) is 1. The van der Waals surface area contributed by atoms with Crippen LogP contribution in [0.25, 0.3) is 0 Å². The van der Waals surface area contributed by atoms with Gasteiger partial charge in [0.25, 0.3) is 0 Å². The van der Waals surface area contributed by atoms with E-state index in [4.69, 9.17) is 9.52 Å². The van der Waals surface area contributed by atoms with Gasteiger partial charge in [-0.25, -0.2) is 4.79 Å². The summed E-state index contributed by atoms with van der Waals surface area (Å²) in [7, 11) is 0. The van der Waals surface area contributed by atoms with Crippen LogP contribution < -0.4 is 5.32 Å². The molecule has 0 aliphatic rings. The van der Waals surface area contributed by atoms with Crippen molar-refractivity contribution < 1.29 is 19.1 Å². The number of hydrogen-bond donors (Lipinski definition) is 2. The Balaban J connectivity index is 2.02. The monoisotopic (exact) mass is 291 g/mol. The number of anilines is 1. The molecule has 0 spiro atoms. The van der Waals surface area contributed by atoms with Gasteiger partial charge in [0.1, 0.15) is 11.5 Å². The molecule has 2 N–H and O–H groups in total. The highest BCUT2D eigenvalue weighted by atomic mass is 16.4. The maximum absolute atomic E-state index is 11.8. The Labute approximate surface area is 121 Å². The van der Waals surface area contributed by atoms with Crippen LogP contribution in [0.1, 0.15) is 25.4 Å². The summed E-state index contributed by atoms with van der Waals surface area (Å²) in [6.45, 7) is 4.86. The molecule has 0 atom stereocenters. The highest BCUT2D eigenvalue weighted by Crippen LogP contribution is 2.16. The van der Waals surface area contributed by atoms with Gasteiger partial charge in [-0.05, 0) is 32.9 Å². The third-order valence-corrected chi connectivity index (χ3v) is 3.08. The molecule has 7 nitrogen and oxygen atoms in total. The fourth-order valence-electron chi connectivity index (χ4n) is 1.73. The number of furan rings is 1. The molecule has 0 aliphatic carbocycles. The van der Waals surface area contributed by atoms with Crippen molar-refractivity contribution in [3.63, 3.8) is 0 Å². The Morgan fingerprint density at radius 2 is 2.10 bits per heavy atom. The fourth-order valence-corrected chi connectivity index (χ4v) is 1.73. The Kier molecular flexibility index (Phi) is 3.84. The number of nitrogens with zero attached hydrogens (tertiary/aromatic N) is 2. The molecule has 21 heavy (non-hydrogen) atoms. The maximum atomic E-state index is 11.8. The SMILES string of the molecule is Cc1ccc(CC(=O)Nc2ccn(C(C)(C)C(=O)O)n2)o1. The highest BCUT2D eigenvalue weighted by Gasteiger charge is 2.30. The second kappa shape index (κ2) is 5.43. The quantitative estimate of drug-likeness (QED) is 0.875. The standard InChI is InChI=1S/C14H17N3O4/c1-9-4-5-10(21-9)8-12(18)15-11-6-7-17(16-11)14(2,3)13(19)20/h4-7H,8H2,1-3H3,(H,19,20)(H,15,16,18). The van der Waals surface area contributed by atoms with Crippen LogP contribution in [-0.2, 0) is 21.5 Å². The Morgan fingerprint density at radius 3 is 2.67 bits per heavy atom. The van der Waals surface area contributed by atoms with E-state index >= 15 is 0 Å². The van der Waals surface area contributed by atoms with E-state index in [0.29, 0.717) is 11.6 Å². The van der Waals surface area contributed by atoms with Crippen LogP contribution in [0.4, 0.5) is 5.82 Å². The second-order valence-electron chi connectivity index (χ2n) is 5.25. The lowest BCUT2D eigenvalue weighted by atomic mass is 10.1. The number of aliphatic carboxylic acids is 1. The van der Waals surface area contributed by atoms with Crippen molar-refractivity contribution in [2.75, 3.05) is 5.32 Å². The summed E-state index contributed by atoms with van der Waals surface area (Å²) < 4.78 is 6.61. The van der Waals surface area contributed by atoms with Crippen LogP contribution >= 0.6 is 0 Å². The molecule has 0 unspecified atom stereocenters. The first-order chi connectivity index (χ1) is 9.79. The van der Waals surface area contributed by atoms with Crippen molar-refractivity contribution in [1.29, 1.82) is 0 Å². The number of carbonyl (C=O) groups excluding carboxylic acids is 1. The Morgan fingerprint density at radius 1 is 1.38 bits per heavy atom. The molecule has 0 radical (unpaired) electrons. The normalized spacial score (nSPS) is 11.4. The van der Waals surface area contributed by atoms with Crippen molar-refractivity contribution in [2.45, 2.75) is 32.7 Å². The van der Waals surface area contributed by atoms with Gasteiger partial charge in [-0.2, -0.15) is 5.10 Å². The molecule has 0 saturated heterocycles. The van der Waals surface area contributed by atoms with Crippen LogP contribution in [-0.4, -0.2) is 26.8 Å². The lowest BCUT2D eigenvalue weighted by Gasteiger charge is -2.19. The van der Waals surface area contributed by atoms with Gasteiger partial charge in [-0.15, -0.1) is 0 Å². The molecule has 7 heteroatoms. The van der Waals surface area contributed by atoms with Gasteiger partial charge in [0, 0.05) is 12.3 Å². The maximum Gasteiger partial charge on any atom is 0.331 e. The fraction of sp³-hybridized carbons (Fsp3) is 0.357. The molecular formula is C14H17N3O4. The third-order valence-electron chi connectivity index (χ3n) is 3.08. The van der Waals surface area contributed by atoms with Crippen LogP contribution in [0.15, 0.2) is 28.8 Å². The number of carbonyl (C=O) groups is 2. The molecule has 0 bridgehead atoms. The molecule has 112 valence electrons. The molecule has 0 aromatic carbocycles. The third kappa shape index (κ3) is 3.31. The van der Waals surface area contributed by atoms with Crippen LogP contribution in [0, 0.1) is 6.92 Å². The summed E-state index contributed by atoms with van der Waals surface area (Å²) in [6.07, 6.45) is 1.61. The molecular weight excluding hydrogens is 274 g/mol. The number of aryl methyl sites for hydroxylation is 1. The zero-order valence-corrected chi connectivity index (χ0v) is 12.1. The number of hydrogen-bond acceptors (Lipinski definition) is 4. The van der Waals surface area contributed by atoms with Crippen molar-refractivity contribution in [2.24, 2.45) is 0 Å². The minimum absolute atomic E-state index is 0.100. The second-order valence-corrected chi connectivity index (χ2v) is 5.25. The van der Waals surface area contributed by atoms with Gasteiger partial charge in [0.15, 0.2) is 11.4 Å². The first-order valence-electron chi connectivity index (χ1n) is 6.44. The molecule has 0 fully saturated rings. The average molecular weight is 291 g/mol. The van der Waals surface area contributed by atoms with Gasteiger partial charge in [0.2, 0.25) is 5.91 Å². The zero-order chi connectivity index (χ0) is 15.6. The zero-order valence-electron chi connectivity index (χ0n) is 12.1. The van der Waals surface area contributed by atoms with Crippen molar-refractivity contribution >= 4 is 17.7 Å². The summed E-state index contributed by atoms with van der Waals surface area (Å²) in [5, 5.41) is 15.8. The minimum Gasteiger partial charge on any atom is -0.479 e. The Hall–Kier alpha value is -2.57. The predicted molar refractivity (Wildman–Crippen MR) is 75.0 cm³/mol. The Bertz CT molecular complexity index is 669. The molecule has 0 saturated carbocycles. The first kappa shape index (κ1) is 14.8. The van der Waals surface area contributed by atoms with E-state index in [-0.39, 0.29) is 12.3 Å². The summed E-state index contributed by atoms with van der Waals surface area (Å²) >= 11 is 0. The predicted octanol–water partition coefficient (Wildman–Crippen LogP) is 1.79. The number of aromatic nitrogens is 2. The average Bonchev–Trinajstić information content (AvgIpc) is 2.99. The van der Waals surface area contributed by atoms with E-state index in [0.717, 1.165) is 5.76 Å². The van der Waals surface area contributed by atoms with Crippen LogP contribution in [0.5, 0.6) is 0 Å². The van der Waals surface area contributed by atoms with E-state index in [1.54, 1.807) is 25.1 Å². The molecule has 1 amide bonds. The number of carboxylic acids is 1. The van der Waals surface area contributed by atoms with E-state index in [1.807, 2.05) is 0 Å². The number of rotatable bonds is 5. The summed E-state index contributed by atoms with van der Waals surface area (Å²) in [5.41, 5.74) is -1.18. The minimum atomic E-state index is -1.18. The lowest BCUT2D eigenvalue weighted by Crippen LogP contribution is -2.36. The van der Waals surface area contributed by atoms with E-state index in [1.165, 1.54) is 24.7 Å². The smallest absolute Gasteiger partial charge is 0.331 e. The van der Waals surface area contributed by atoms with Crippen molar-refractivity contribution in [1.82, 2.24) is 9.78 Å². The van der Waals surface area contributed by atoms with E-state index in [9.17, 15) is 9.59 Å².